The van der Waals surface area contributed by atoms with Crippen molar-refractivity contribution in [2.45, 2.75) is 19.4 Å². The Labute approximate surface area is 115 Å². The normalized spacial score (nSPS) is 10.3. The van der Waals surface area contributed by atoms with E-state index in [2.05, 4.69) is 29.6 Å². The van der Waals surface area contributed by atoms with Gasteiger partial charge in [-0.05, 0) is 37.1 Å². The Morgan fingerprint density at radius 2 is 1.47 bits per heavy atom. The van der Waals surface area contributed by atoms with E-state index in [-0.39, 0.29) is 0 Å². The van der Waals surface area contributed by atoms with Gasteiger partial charge in [-0.25, -0.2) is 0 Å². The van der Waals surface area contributed by atoms with Gasteiger partial charge in [0.05, 0.1) is 6.61 Å². The monoisotopic (exact) mass is 255 g/mol. The molecule has 19 heavy (non-hydrogen) atoms. The Kier molecular flexibility index (Phi) is 5.97. The number of ether oxygens (including phenoxy) is 1. The quantitative estimate of drug-likeness (QED) is 0.727. The van der Waals surface area contributed by atoms with Crippen LogP contribution in [0, 0.1) is 0 Å². The third kappa shape index (κ3) is 5.58. The molecule has 0 spiro atoms. The summed E-state index contributed by atoms with van der Waals surface area (Å²) >= 11 is 0. The highest BCUT2D eigenvalue weighted by atomic mass is 16.5. The average molecular weight is 255 g/mol. The predicted octanol–water partition coefficient (Wildman–Crippen LogP) is 3.64. The number of nitrogens with one attached hydrogen (secondary N) is 1. The number of unbranched alkanes of at least 4 members (excludes halogenated alkanes) is 1. The first kappa shape index (κ1) is 13.6. The van der Waals surface area contributed by atoms with Crippen LogP contribution >= 0.6 is 0 Å². The molecule has 0 amide bonds. The van der Waals surface area contributed by atoms with Crippen LogP contribution in [0.5, 0.6) is 5.75 Å². The molecule has 0 aliphatic rings. The molecule has 2 nitrogen and oxygen atoms in total. The highest BCUT2D eigenvalue weighted by Gasteiger charge is 1.93. The number of para-hydroxylation sites is 1. The maximum Gasteiger partial charge on any atom is 0.119 e. The second kappa shape index (κ2) is 8.33. The van der Waals surface area contributed by atoms with E-state index in [0.29, 0.717) is 0 Å². The third-order valence-corrected chi connectivity index (χ3v) is 2.93. The van der Waals surface area contributed by atoms with Gasteiger partial charge in [-0.15, -0.1) is 0 Å². The summed E-state index contributed by atoms with van der Waals surface area (Å²) in [6, 6.07) is 20.5. The van der Waals surface area contributed by atoms with Gasteiger partial charge < -0.3 is 10.1 Å². The molecule has 0 aliphatic heterocycles. The summed E-state index contributed by atoms with van der Waals surface area (Å²) in [7, 11) is 0. The molecule has 0 unspecified atom stereocenters. The molecule has 0 heterocycles. The smallest absolute Gasteiger partial charge is 0.119 e. The lowest BCUT2D eigenvalue weighted by Crippen LogP contribution is -2.15. The Morgan fingerprint density at radius 1 is 0.789 bits per heavy atom. The minimum absolute atomic E-state index is 0.789. The van der Waals surface area contributed by atoms with Crippen molar-refractivity contribution in [2.24, 2.45) is 0 Å². The molecule has 2 rings (SSSR count). The first-order chi connectivity index (χ1) is 9.45. The molecule has 0 fully saturated rings. The van der Waals surface area contributed by atoms with E-state index < -0.39 is 0 Å². The van der Waals surface area contributed by atoms with Crippen molar-refractivity contribution in [3.05, 3.63) is 66.2 Å². The van der Waals surface area contributed by atoms with Crippen LogP contribution in [0.4, 0.5) is 0 Å². The Hall–Kier alpha value is -1.80. The molecule has 1 N–H and O–H groups in total. The van der Waals surface area contributed by atoms with Crippen molar-refractivity contribution in [2.75, 3.05) is 13.2 Å². The lowest BCUT2D eigenvalue weighted by atomic mass is 10.2. The van der Waals surface area contributed by atoms with Gasteiger partial charge in [0.25, 0.3) is 0 Å². The fourth-order valence-electron chi connectivity index (χ4n) is 1.89. The summed E-state index contributed by atoms with van der Waals surface area (Å²) in [5.41, 5.74) is 1.34. The molecule has 0 aromatic heterocycles. The van der Waals surface area contributed by atoms with Crippen LogP contribution < -0.4 is 10.1 Å². The summed E-state index contributed by atoms with van der Waals surface area (Å²) in [5, 5.41) is 3.44. The van der Waals surface area contributed by atoms with Crippen molar-refractivity contribution < 1.29 is 4.74 Å². The largest absolute Gasteiger partial charge is 0.494 e. The molecule has 0 saturated carbocycles. The summed E-state index contributed by atoms with van der Waals surface area (Å²) in [5.74, 6) is 0.958. The van der Waals surface area contributed by atoms with Crippen LogP contribution in [0.1, 0.15) is 18.4 Å². The van der Waals surface area contributed by atoms with E-state index in [1.165, 1.54) is 5.56 Å². The van der Waals surface area contributed by atoms with Gasteiger partial charge in [0.1, 0.15) is 5.75 Å². The van der Waals surface area contributed by atoms with Gasteiger partial charge in [0.2, 0.25) is 0 Å². The third-order valence-electron chi connectivity index (χ3n) is 2.93. The van der Waals surface area contributed by atoms with Crippen molar-refractivity contribution >= 4 is 0 Å². The molecule has 0 aliphatic carbocycles. The zero-order valence-corrected chi connectivity index (χ0v) is 11.2. The van der Waals surface area contributed by atoms with Crippen LogP contribution in [-0.4, -0.2) is 13.2 Å². The van der Waals surface area contributed by atoms with Crippen molar-refractivity contribution in [3.8, 4) is 5.75 Å². The van der Waals surface area contributed by atoms with Crippen molar-refractivity contribution in [1.82, 2.24) is 5.32 Å². The van der Waals surface area contributed by atoms with Crippen LogP contribution in [0.2, 0.25) is 0 Å². The van der Waals surface area contributed by atoms with Crippen LogP contribution in [0.25, 0.3) is 0 Å². The van der Waals surface area contributed by atoms with Crippen LogP contribution in [-0.2, 0) is 6.54 Å². The van der Waals surface area contributed by atoms with Crippen molar-refractivity contribution in [1.29, 1.82) is 0 Å². The average Bonchev–Trinajstić information content (AvgIpc) is 2.48. The molecule has 2 aromatic carbocycles. The van der Waals surface area contributed by atoms with E-state index in [4.69, 9.17) is 4.74 Å². The predicted molar refractivity (Wildman–Crippen MR) is 79.3 cm³/mol. The number of rotatable bonds is 8. The summed E-state index contributed by atoms with van der Waals surface area (Å²) in [4.78, 5) is 0. The van der Waals surface area contributed by atoms with Crippen molar-refractivity contribution in [3.63, 3.8) is 0 Å². The number of benzene rings is 2. The van der Waals surface area contributed by atoms with Gasteiger partial charge in [0.15, 0.2) is 0 Å². The highest BCUT2D eigenvalue weighted by Crippen LogP contribution is 2.08. The zero-order chi connectivity index (χ0) is 13.2. The minimum atomic E-state index is 0.789. The summed E-state index contributed by atoms with van der Waals surface area (Å²) in [6.45, 7) is 2.77. The van der Waals surface area contributed by atoms with E-state index in [1.807, 2.05) is 36.4 Å². The highest BCUT2D eigenvalue weighted by molar-refractivity contribution is 5.20. The van der Waals surface area contributed by atoms with Gasteiger partial charge in [-0.3, -0.25) is 0 Å². The second-order valence-corrected chi connectivity index (χ2v) is 4.53. The summed E-state index contributed by atoms with van der Waals surface area (Å²) in [6.07, 6.45) is 2.22. The zero-order valence-electron chi connectivity index (χ0n) is 11.2. The number of hydrogen-bond donors (Lipinski definition) is 1. The van der Waals surface area contributed by atoms with Gasteiger partial charge in [-0.1, -0.05) is 48.5 Å². The topological polar surface area (TPSA) is 21.3 Å². The van der Waals surface area contributed by atoms with E-state index >= 15 is 0 Å². The minimum Gasteiger partial charge on any atom is -0.494 e. The molecule has 0 radical (unpaired) electrons. The second-order valence-electron chi connectivity index (χ2n) is 4.53. The number of hydrogen-bond acceptors (Lipinski definition) is 2. The maximum absolute atomic E-state index is 5.64. The Morgan fingerprint density at radius 3 is 2.21 bits per heavy atom. The summed E-state index contributed by atoms with van der Waals surface area (Å²) < 4.78 is 5.64. The van der Waals surface area contributed by atoms with Gasteiger partial charge >= 0.3 is 0 Å². The van der Waals surface area contributed by atoms with Crippen LogP contribution in [0.3, 0.4) is 0 Å². The fraction of sp³-hybridized carbons (Fsp3) is 0.294. The molecule has 0 bridgehead atoms. The molecule has 100 valence electrons. The first-order valence-corrected chi connectivity index (χ1v) is 6.87. The van der Waals surface area contributed by atoms with E-state index in [9.17, 15) is 0 Å². The van der Waals surface area contributed by atoms with Gasteiger partial charge in [-0.2, -0.15) is 0 Å². The maximum atomic E-state index is 5.64. The molecule has 0 atom stereocenters. The lowest BCUT2D eigenvalue weighted by Gasteiger charge is -2.07. The molecule has 0 saturated heterocycles. The Bertz CT molecular complexity index is 398. The van der Waals surface area contributed by atoms with Crippen LogP contribution in [0.15, 0.2) is 60.7 Å². The first-order valence-electron chi connectivity index (χ1n) is 6.87. The lowest BCUT2D eigenvalue weighted by molar-refractivity contribution is 0.306. The fourth-order valence-corrected chi connectivity index (χ4v) is 1.89. The van der Waals surface area contributed by atoms with E-state index in [0.717, 1.165) is 38.3 Å². The molecule has 2 heteroatoms. The van der Waals surface area contributed by atoms with E-state index in [1.54, 1.807) is 0 Å². The Balaban J connectivity index is 1.49. The van der Waals surface area contributed by atoms with Gasteiger partial charge in [0, 0.05) is 6.54 Å². The SMILES string of the molecule is c1ccc(CNCCCCOc2ccccc2)cc1. The molecular weight excluding hydrogens is 234 g/mol. The molecular formula is C17H21NO. The standard InChI is InChI=1S/C17H21NO/c1-3-9-16(10-4-1)15-18-13-7-8-14-19-17-11-5-2-6-12-17/h1-6,9-12,18H,7-8,13-15H2. The molecule has 2 aromatic rings.